The van der Waals surface area contributed by atoms with Crippen LogP contribution >= 0.6 is 0 Å². The number of aromatic hydroxyl groups is 1. The second kappa shape index (κ2) is 5.90. The highest BCUT2D eigenvalue weighted by molar-refractivity contribution is 7.89. The second-order valence-corrected chi connectivity index (χ2v) is 6.46. The smallest absolute Gasteiger partial charge is 0.244 e. The maximum absolute atomic E-state index is 12.0. The van der Waals surface area contributed by atoms with E-state index in [4.69, 9.17) is 0 Å². The number of likely N-dealkylation sites (N-methyl/N-ethyl adjacent to an activating group) is 1. The van der Waals surface area contributed by atoms with Gasteiger partial charge in [0.15, 0.2) is 0 Å². The zero-order valence-electron chi connectivity index (χ0n) is 11.0. The number of benzene rings is 1. The molecule has 106 valence electrons. The summed E-state index contributed by atoms with van der Waals surface area (Å²) in [5, 5.41) is 9.57. The lowest BCUT2D eigenvalue weighted by molar-refractivity contribution is 0.282. The van der Waals surface area contributed by atoms with Crippen LogP contribution in [0.2, 0.25) is 0 Å². The normalized spacial score (nSPS) is 15.9. The maximum atomic E-state index is 12.0. The lowest BCUT2D eigenvalue weighted by atomic mass is 10.3. The molecule has 1 aliphatic rings. The first-order valence-corrected chi connectivity index (χ1v) is 8.04. The van der Waals surface area contributed by atoms with E-state index in [0.717, 1.165) is 6.54 Å². The molecule has 0 saturated heterocycles. The van der Waals surface area contributed by atoms with Crippen molar-refractivity contribution in [3.8, 4) is 5.75 Å². The van der Waals surface area contributed by atoms with Gasteiger partial charge >= 0.3 is 0 Å². The fourth-order valence-electron chi connectivity index (χ4n) is 2.12. The molecular weight excluding hydrogens is 264 g/mol. The minimum absolute atomic E-state index is 0.0653. The van der Waals surface area contributed by atoms with Gasteiger partial charge in [-0.1, -0.05) is 19.1 Å². The third kappa shape index (κ3) is 3.68. The van der Waals surface area contributed by atoms with Crippen LogP contribution in [0.3, 0.4) is 0 Å². The lowest BCUT2D eigenvalue weighted by Crippen LogP contribution is -2.36. The number of nitrogens with one attached hydrogen (secondary N) is 1. The van der Waals surface area contributed by atoms with E-state index in [2.05, 4.69) is 16.5 Å². The van der Waals surface area contributed by atoms with Crippen LogP contribution in [-0.4, -0.2) is 44.1 Å². The summed E-state index contributed by atoms with van der Waals surface area (Å²) >= 11 is 0. The molecule has 0 aromatic heterocycles. The molecule has 0 amide bonds. The first kappa shape index (κ1) is 14.3. The topological polar surface area (TPSA) is 69.6 Å². The Morgan fingerprint density at radius 2 is 2.05 bits per heavy atom. The molecule has 0 bridgehead atoms. The van der Waals surface area contributed by atoms with Gasteiger partial charge in [-0.15, -0.1) is 0 Å². The van der Waals surface area contributed by atoms with E-state index in [-0.39, 0.29) is 10.6 Å². The van der Waals surface area contributed by atoms with Crippen molar-refractivity contribution in [1.29, 1.82) is 0 Å². The second-order valence-electron chi connectivity index (χ2n) is 4.73. The molecule has 1 aliphatic carbocycles. The Balaban J connectivity index is 1.92. The molecule has 2 rings (SSSR count). The van der Waals surface area contributed by atoms with Crippen LogP contribution in [0.15, 0.2) is 29.2 Å². The van der Waals surface area contributed by atoms with Crippen LogP contribution < -0.4 is 4.72 Å². The van der Waals surface area contributed by atoms with Gasteiger partial charge < -0.3 is 5.11 Å². The Morgan fingerprint density at radius 3 is 2.63 bits per heavy atom. The average Bonchev–Trinajstić information content (AvgIpc) is 3.19. The van der Waals surface area contributed by atoms with Gasteiger partial charge in [0.05, 0.1) is 0 Å². The molecule has 1 aromatic carbocycles. The van der Waals surface area contributed by atoms with E-state index in [1.165, 1.54) is 25.0 Å². The summed E-state index contributed by atoms with van der Waals surface area (Å²) in [6.07, 6.45) is 2.42. The molecule has 0 aliphatic heterocycles. The molecule has 0 unspecified atom stereocenters. The molecule has 0 heterocycles. The molecule has 0 spiro atoms. The first-order chi connectivity index (χ1) is 9.04. The average molecular weight is 284 g/mol. The number of hydrogen-bond donors (Lipinski definition) is 2. The van der Waals surface area contributed by atoms with Crippen LogP contribution in [0.25, 0.3) is 0 Å². The summed E-state index contributed by atoms with van der Waals surface area (Å²) in [6.45, 7) is 4.08. The first-order valence-electron chi connectivity index (χ1n) is 6.56. The van der Waals surface area contributed by atoms with Crippen LogP contribution in [0, 0.1) is 0 Å². The highest BCUT2D eigenvalue weighted by Gasteiger charge is 2.27. The van der Waals surface area contributed by atoms with Crippen molar-refractivity contribution >= 4 is 10.0 Å². The molecule has 5 nitrogen and oxygen atoms in total. The van der Waals surface area contributed by atoms with Crippen LogP contribution in [-0.2, 0) is 10.0 Å². The summed E-state index contributed by atoms with van der Waals surface area (Å²) in [7, 11) is -3.63. The molecule has 2 N–H and O–H groups in total. The number of para-hydroxylation sites is 1. The van der Waals surface area contributed by atoms with Crippen molar-refractivity contribution in [1.82, 2.24) is 9.62 Å². The van der Waals surface area contributed by atoms with Crippen LogP contribution in [0.1, 0.15) is 19.8 Å². The zero-order chi connectivity index (χ0) is 13.9. The number of phenolic OH excluding ortho intramolecular Hbond substituents is 1. The van der Waals surface area contributed by atoms with Gasteiger partial charge in [-0.2, -0.15) is 0 Å². The quantitative estimate of drug-likeness (QED) is 0.788. The SMILES string of the molecule is CCN(CCNS(=O)(=O)c1ccccc1O)C1CC1. The Kier molecular flexibility index (Phi) is 4.44. The number of nitrogens with zero attached hydrogens (tertiary/aromatic N) is 1. The summed E-state index contributed by atoms with van der Waals surface area (Å²) in [5.41, 5.74) is 0. The molecule has 1 aromatic rings. The molecular formula is C13H20N2O3S. The van der Waals surface area contributed by atoms with Crippen molar-refractivity contribution in [2.45, 2.75) is 30.7 Å². The lowest BCUT2D eigenvalue weighted by Gasteiger charge is -2.19. The molecule has 1 saturated carbocycles. The van der Waals surface area contributed by atoms with Gasteiger partial charge in [0, 0.05) is 19.1 Å². The van der Waals surface area contributed by atoms with Crippen molar-refractivity contribution in [2.75, 3.05) is 19.6 Å². The highest BCUT2D eigenvalue weighted by Crippen LogP contribution is 2.26. The Hall–Kier alpha value is -1.11. The molecule has 0 radical (unpaired) electrons. The highest BCUT2D eigenvalue weighted by atomic mass is 32.2. The van der Waals surface area contributed by atoms with Crippen LogP contribution in [0.5, 0.6) is 5.75 Å². The fraction of sp³-hybridized carbons (Fsp3) is 0.538. The minimum Gasteiger partial charge on any atom is -0.507 e. The van der Waals surface area contributed by atoms with Crippen molar-refractivity contribution in [2.24, 2.45) is 0 Å². The fourth-order valence-corrected chi connectivity index (χ4v) is 3.24. The Bertz CT molecular complexity index is 526. The third-order valence-corrected chi connectivity index (χ3v) is 4.82. The molecule has 0 atom stereocenters. The molecule has 6 heteroatoms. The maximum Gasteiger partial charge on any atom is 0.244 e. The molecule has 1 fully saturated rings. The van der Waals surface area contributed by atoms with E-state index >= 15 is 0 Å². The zero-order valence-corrected chi connectivity index (χ0v) is 11.9. The van der Waals surface area contributed by atoms with E-state index in [9.17, 15) is 13.5 Å². The van der Waals surface area contributed by atoms with E-state index < -0.39 is 10.0 Å². The van der Waals surface area contributed by atoms with Gasteiger partial charge in [0.1, 0.15) is 10.6 Å². The minimum atomic E-state index is -3.63. The monoisotopic (exact) mass is 284 g/mol. The summed E-state index contributed by atoms with van der Waals surface area (Å²) in [5.74, 6) is -0.218. The molecule has 19 heavy (non-hydrogen) atoms. The van der Waals surface area contributed by atoms with Crippen LogP contribution in [0.4, 0.5) is 0 Å². The Labute approximate surface area is 114 Å². The van der Waals surface area contributed by atoms with Crippen molar-refractivity contribution in [3.63, 3.8) is 0 Å². The van der Waals surface area contributed by atoms with Gasteiger partial charge in [-0.25, -0.2) is 13.1 Å². The van der Waals surface area contributed by atoms with E-state index in [1.54, 1.807) is 12.1 Å². The Morgan fingerprint density at radius 1 is 1.37 bits per heavy atom. The summed E-state index contributed by atoms with van der Waals surface area (Å²) < 4.78 is 26.6. The number of hydrogen-bond acceptors (Lipinski definition) is 4. The van der Waals surface area contributed by atoms with Gasteiger partial charge in [-0.05, 0) is 31.5 Å². The van der Waals surface area contributed by atoms with Gasteiger partial charge in [0.2, 0.25) is 10.0 Å². The van der Waals surface area contributed by atoms with Crippen molar-refractivity contribution < 1.29 is 13.5 Å². The largest absolute Gasteiger partial charge is 0.507 e. The van der Waals surface area contributed by atoms with E-state index in [1.807, 2.05) is 0 Å². The predicted molar refractivity (Wildman–Crippen MR) is 73.6 cm³/mol. The third-order valence-electron chi connectivity index (χ3n) is 3.32. The number of phenols is 1. The van der Waals surface area contributed by atoms with Gasteiger partial charge in [0.25, 0.3) is 0 Å². The van der Waals surface area contributed by atoms with Gasteiger partial charge in [-0.3, -0.25) is 4.90 Å². The van der Waals surface area contributed by atoms with E-state index in [0.29, 0.717) is 19.1 Å². The number of rotatable bonds is 7. The summed E-state index contributed by atoms with van der Waals surface area (Å²) in [4.78, 5) is 2.21. The van der Waals surface area contributed by atoms with Crippen molar-refractivity contribution in [3.05, 3.63) is 24.3 Å². The number of sulfonamides is 1. The standard InChI is InChI=1S/C13H20N2O3S/c1-2-15(11-7-8-11)10-9-14-19(17,18)13-6-4-3-5-12(13)16/h3-6,11,14,16H,2,7-10H2,1H3. The summed E-state index contributed by atoms with van der Waals surface area (Å²) in [6, 6.07) is 6.59. The predicted octanol–water partition coefficient (Wildman–Crippen LogP) is 1.15.